The van der Waals surface area contributed by atoms with Crippen LogP contribution in [0.15, 0.2) is 28.6 Å². The summed E-state index contributed by atoms with van der Waals surface area (Å²) < 4.78 is 34.9. The third-order valence-corrected chi connectivity index (χ3v) is 4.56. The van der Waals surface area contributed by atoms with Gasteiger partial charge in [0.25, 0.3) is 5.91 Å². The average Bonchev–Trinajstić information content (AvgIpc) is 2.78. The molecule has 0 bridgehead atoms. The molecule has 0 unspecified atom stereocenters. The van der Waals surface area contributed by atoms with Gasteiger partial charge in [0.1, 0.15) is 5.82 Å². The number of carbonyl (C=O) groups is 1. The van der Waals surface area contributed by atoms with Gasteiger partial charge in [0.05, 0.1) is 0 Å². The van der Waals surface area contributed by atoms with Crippen LogP contribution in [-0.4, -0.2) is 30.8 Å². The highest BCUT2D eigenvalue weighted by Crippen LogP contribution is 2.20. The summed E-state index contributed by atoms with van der Waals surface area (Å²) in [5.41, 5.74) is 0.234. The highest BCUT2D eigenvalue weighted by atomic mass is 32.2. The molecule has 1 aromatic carbocycles. The zero-order chi connectivity index (χ0) is 14.0. The predicted octanol–water partition coefficient (Wildman–Crippen LogP) is 1.33. The smallest absolute Gasteiger partial charge is 0.257 e. The fourth-order valence-corrected chi connectivity index (χ4v) is 2.68. The van der Waals surface area contributed by atoms with Crippen molar-refractivity contribution in [1.29, 1.82) is 0 Å². The Kier molecular flexibility index (Phi) is 3.58. The van der Waals surface area contributed by atoms with E-state index in [4.69, 9.17) is 0 Å². The van der Waals surface area contributed by atoms with Crippen molar-refractivity contribution in [2.75, 3.05) is 11.6 Å². The second kappa shape index (κ2) is 5.02. The molecule has 1 N–H and O–H groups in total. The van der Waals surface area contributed by atoms with Crippen LogP contribution in [0.4, 0.5) is 9.52 Å². The van der Waals surface area contributed by atoms with Crippen LogP contribution in [0.2, 0.25) is 0 Å². The highest BCUT2D eigenvalue weighted by molar-refractivity contribution is 7.92. The number of carbonyl (C=O) groups excluding carboxylic acids is 1. The van der Waals surface area contributed by atoms with E-state index in [-0.39, 0.29) is 15.0 Å². The molecule has 19 heavy (non-hydrogen) atoms. The molecule has 1 heterocycles. The Morgan fingerprint density at radius 3 is 2.42 bits per heavy atom. The first-order valence-corrected chi connectivity index (χ1v) is 7.67. The van der Waals surface area contributed by atoms with Gasteiger partial charge in [0.2, 0.25) is 19.3 Å². The minimum atomic E-state index is -3.44. The van der Waals surface area contributed by atoms with E-state index in [1.165, 1.54) is 12.1 Å². The number of hydrogen-bond acceptors (Lipinski definition) is 6. The zero-order valence-corrected chi connectivity index (χ0v) is 11.3. The highest BCUT2D eigenvalue weighted by Gasteiger charge is 2.16. The van der Waals surface area contributed by atoms with Crippen LogP contribution in [0.1, 0.15) is 10.4 Å². The molecule has 0 saturated carbocycles. The van der Waals surface area contributed by atoms with Crippen LogP contribution >= 0.6 is 11.3 Å². The van der Waals surface area contributed by atoms with Crippen molar-refractivity contribution < 1.29 is 17.6 Å². The summed E-state index contributed by atoms with van der Waals surface area (Å²) in [6.07, 6.45) is 0.999. The maximum Gasteiger partial charge on any atom is 0.257 e. The first-order valence-electron chi connectivity index (χ1n) is 4.97. The van der Waals surface area contributed by atoms with E-state index in [1.54, 1.807) is 0 Å². The third-order valence-electron chi connectivity index (χ3n) is 2.05. The molecule has 0 aliphatic heterocycles. The van der Waals surface area contributed by atoms with E-state index >= 15 is 0 Å². The van der Waals surface area contributed by atoms with E-state index < -0.39 is 21.6 Å². The zero-order valence-electron chi connectivity index (χ0n) is 9.62. The van der Waals surface area contributed by atoms with Crippen molar-refractivity contribution in [3.8, 4) is 0 Å². The molecule has 9 heteroatoms. The lowest BCUT2D eigenvalue weighted by atomic mass is 10.2. The number of anilines is 1. The van der Waals surface area contributed by atoms with Crippen LogP contribution in [0.25, 0.3) is 0 Å². The Balaban J connectivity index is 2.15. The summed E-state index contributed by atoms with van der Waals surface area (Å²) in [5, 5.41) is 9.46. The van der Waals surface area contributed by atoms with Gasteiger partial charge in [-0.25, -0.2) is 12.8 Å². The van der Waals surface area contributed by atoms with E-state index in [2.05, 4.69) is 15.5 Å². The van der Waals surface area contributed by atoms with E-state index in [1.807, 2.05) is 0 Å². The van der Waals surface area contributed by atoms with Gasteiger partial charge in [-0.2, -0.15) is 0 Å². The number of aromatic nitrogens is 2. The monoisotopic (exact) mass is 301 g/mol. The van der Waals surface area contributed by atoms with Crippen LogP contribution in [-0.2, 0) is 9.84 Å². The Bertz CT molecular complexity index is 710. The van der Waals surface area contributed by atoms with Gasteiger partial charge in [-0.05, 0) is 24.3 Å². The molecule has 6 nitrogen and oxygen atoms in total. The summed E-state index contributed by atoms with van der Waals surface area (Å²) in [4.78, 5) is 11.7. The number of benzene rings is 1. The topological polar surface area (TPSA) is 89.0 Å². The van der Waals surface area contributed by atoms with Gasteiger partial charge in [0.15, 0.2) is 0 Å². The molecule has 2 rings (SSSR count). The van der Waals surface area contributed by atoms with Crippen molar-refractivity contribution >= 4 is 32.2 Å². The molecule has 0 aliphatic rings. The van der Waals surface area contributed by atoms with Gasteiger partial charge < -0.3 is 0 Å². The lowest BCUT2D eigenvalue weighted by Gasteiger charge is -2.00. The number of amides is 1. The molecule has 0 spiro atoms. The van der Waals surface area contributed by atoms with Crippen molar-refractivity contribution in [3.05, 3.63) is 35.6 Å². The van der Waals surface area contributed by atoms with Crippen LogP contribution in [0.3, 0.4) is 0 Å². The van der Waals surface area contributed by atoms with Gasteiger partial charge in [-0.15, -0.1) is 10.2 Å². The van der Waals surface area contributed by atoms with E-state index in [0.717, 1.165) is 29.7 Å². The van der Waals surface area contributed by atoms with Crippen molar-refractivity contribution in [3.63, 3.8) is 0 Å². The summed E-state index contributed by atoms with van der Waals surface area (Å²) in [6, 6.07) is 4.92. The van der Waals surface area contributed by atoms with E-state index in [0.29, 0.717) is 0 Å². The molecule has 100 valence electrons. The largest absolute Gasteiger partial charge is 0.296 e. The minimum Gasteiger partial charge on any atom is -0.296 e. The van der Waals surface area contributed by atoms with Gasteiger partial charge in [-0.3, -0.25) is 10.1 Å². The molecule has 0 saturated heterocycles. The number of nitrogens with zero attached hydrogens (tertiary/aromatic N) is 2. The van der Waals surface area contributed by atoms with Crippen molar-refractivity contribution in [1.82, 2.24) is 10.2 Å². The second-order valence-corrected chi connectivity index (χ2v) is 6.77. The van der Waals surface area contributed by atoms with Crippen LogP contribution in [0.5, 0.6) is 0 Å². The molecule has 2 aromatic rings. The predicted molar refractivity (Wildman–Crippen MR) is 67.4 cm³/mol. The van der Waals surface area contributed by atoms with Crippen LogP contribution in [0, 0.1) is 5.82 Å². The maximum atomic E-state index is 12.7. The van der Waals surface area contributed by atoms with Gasteiger partial charge in [0, 0.05) is 11.8 Å². The van der Waals surface area contributed by atoms with Crippen molar-refractivity contribution in [2.24, 2.45) is 0 Å². The number of hydrogen-bond donors (Lipinski definition) is 1. The van der Waals surface area contributed by atoms with Crippen molar-refractivity contribution in [2.45, 2.75) is 4.34 Å². The summed E-state index contributed by atoms with van der Waals surface area (Å²) >= 11 is 0.750. The molecular weight excluding hydrogens is 293 g/mol. The second-order valence-electron chi connectivity index (χ2n) is 3.61. The Morgan fingerprint density at radius 1 is 1.26 bits per heavy atom. The first-order chi connectivity index (χ1) is 8.86. The average molecular weight is 301 g/mol. The molecule has 1 amide bonds. The Hall–Kier alpha value is -1.87. The summed E-state index contributed by atoms with van der Waals surface area (Å²) in [6.45, 7) is 0. The number of halogens is 1. The molecule has 0 aliphatic carbocycles. The minimum absolute atomic E-state index is 0.0646. The lowest BCUT2D eigenvalue weighted by molar-refractivity contribution is 0.102. The number of sulfone groups is 1. The molecule has 1 aromatic heterocycles. The maximum absolute atomic E-state index is 12.7. The fraction of sp³-hybridized carbons (Fsp3) is 0.100. The van der Waals surface area contributed by atoms with E-state index in [9.17, 15) is 17.6 Å². The third kappa shape index (κ3) is 3.32. The SMILES string of the molecule is CS(=O)(=O)c1nnc(NC(=O)c2ccc(F)cc2)s1. The Labute approximate surface area is 112 Å². The number of rotatable bonds is 3. The standard InChI is InChI=1S/C10H8FN3O3S2/c1-19(16,17)10-14-13-9(18-10)12-8(15)6-2-4-7(11)5-3-6/h2-5H,1H3,(H,12,13,15). The molecule has 0 radical (unpaired) electrons. The molecular formula is C10H8FN3O3S2. The van der Waals surface area contributed by atoms with Gasteiger partial charge >= 0.3 is 0 Å². The normalized spacial score (nSPS) is 11.3. The van der Waals surface area contributed by atoms with Gasteiger partial charge in [-0.1, -0.05) is 11.3 Å². The fourth-order valence-electron chi connectivity index (χ4n) is 1.18. The molecule has 0 atom stereocenters. The first kappa shape index (κ1) is 13.6. The summed E-state index contributed by atoms with van der Waals surface area (Å²) in [7, 11) is -3.44. The Morgan fingerprint density at radius 2 is 1.89 bits per heavy atom. The lowest BCUT2D eigenvalue weighted by Crippen LogP contribution is -2.11. The van der Waals surface area contributed by atoms with Crippen LogP contribution < -0.4 is 5.32 Å². The number of nitrogens with one attached hydrogen (secondary N) is 1. The summed E-state index contributed by atoms with van der Waals surface area (Å²) in [5.74, 6) is -0.969. The quantitative estimate of drug-likeness (QED) is 0.864. The molecule has 0 fully saturated rings.